The number of ether oxygens (including phenoxy) is 1. The van der Waals surface area contributed by atoms with Gasteiger partial charge in [-0.15, -0.1) is 11.3 Å². The summed E-state index contributed by atoms with van der Waals surface area (Å²) < 4.78 is 19.9. The van der Waals surface area contributed by atoms with Crippen molar-refractivity contribution in [2.24, 2.45) is 0 Å². The zero-order valence-corrected chi connectivity index (χ0v) is 15.6. The Labute approximate surface area is 164 Å². The minimum absolute atomic E-state index is 0.298. The first-order valence-corrected chi connectivity index (χ1v) is 9.22. The summed E-state index contributed by atoms with van der Waals surface area (Å²) in [4.78, 5) is 15.6. The van der Waals surface area contributed by atoms with Crippen LogP contribution < -0.4 is 10.1 Å². The van der Waals surface area contributed by atoms with Crippen LogP contribution >= 0.6 is 11.3 Å². The number of benzene rings is 2. The van der Waals surface area contributed by atoms with Gasteiger partial charge in [-0.1, -0.05) is 0 Å². The Morgan fingerprint density at radius 2 is 1.75 bits per heavy atom. The Balaban J connectivity index is 1.71. The fourth-order valence-corrected chi connectivity index (χ4v) is 3.50. The summed E-state index contributed by atoms with van der Waals surface area (Å²) in [6.07, 6.45) is 0.597. The molecule has 6 nitrogen and oxygen atoms in total. The first-order valence-electron chi connectivity index (χ1n) is 8.34. The standard InChI is InChI=1S/C20H15FN4O2S/c1-27-16-8-4-13(5-9-16)17-10-19(22-12-26)25(24-17)20-23-18(11-28-20)14-2-6-15(21)7-3-14/h2-12H,1H3,(H,22,26). The predicted octanol–water partition coefficient (Wildman–Crippen LogP) is 4.38. The molecule has 0 radical (unpaired) electrons. The molecule has 4 rings (SSSR count). The highest BCUT2D eigenvalue weighted by molar-refractivity contribution is 7.12. The zero-order chi connectivity index (χ0) is 19.5. The van der Waals surface area contributed by atoms with Crippen molar-refractivity contribution in [1.82, 2.24) is 14.8 Å². The molecular weight excluding hydrogens is 379 g/mol. The number of nitrogens with one attached hydrogen (secondary N) is 1. The molecule has 2 heterocycles. The van der Waals surface area contributed by atoms with Crippen LogP contribution in [0, 0.1) is 5.82 Å². The third-order valence-corrected chi connectivity index (χ3v) is 4.93. The Kier molecular flexibility index (Phi) is 4.86. The molecule has 0 aliphatic rings. The highest BCUT2D eigenvalue weighted by Gasteiger charge is 2.15. The second-order valence-corrected chi connectivity index (χ2v) is 6.68. The third-order valence-electron chi connectivity index (χ3n) is 4.12. The van der Waals surface area contributed by atoms with E-state index in [9.17, 15) is 9.18 Å². The SMILES string of the molecule is COc1ccc(-c2cc(NC=O)n(-c3nc(-c4ccc(F)cc4)cs3)n2)cc1. The smallest absolute Gasteiger partial charge is 0.212 e. The van der Waals surface area contributed by atoms with Gasteiger partial charge in [0.25, 0.3) is 0 Å². The van der Waals surface area contributed by atoms with Crippen LogP contribution in [0.15, 0.2) is 60.0 Å². The van der Waals surface area contributed by atoms with E-state index >= 15 is 0 Å². The number of hydrogen-bond acceptors (Lipinski definition) is 5. The molecule has 2 aromatic carbocycles. The van der Waals surface area contributed by atoms with E-state index in [1.807, 2.05) is 29.6 Å². The van der Waals surface area contributed by atoms with Crippen LogP contribution in [0.2, 0.25) is 0 Å². The largest absolute Gasteiger partial charge is 0.497 e. The van der Waals surface area contributed by atoms with Crippen LogP contribution in [-0.2, 0) is 4.79 Å². The van der Waals surface area contributed by atoms with Crippen LogP contribution in [0.5, 0.6) is 5.75 Å². The summed E-state index contributed by atoms with van der Waals surface area (Å²) >= 11 is 1.38. The van der Waals surface area contributed by atoms with Crippen molar-refractivity contribution in [1.29, 1.82) is 0 Å². The van der Waals surface area contributed by atoms with Gasteiger partial charge < -0.3 is 10.1 Å². The van der Waals surface area contributed by atoms with Gasteiger partial charge in [0.15, 0.2) is 0 Å². The van der Waals surface area contributed by atoms with Gasteiger partial charge in [0.05, 0.1) is 18.5 Å². The highest BCUT2D eigenvalue weighted by atomic mass is 32.1. The number of nitrogens with zero attached hydrogens (tertiary/aromatic N) is 3. The van der Waals surface area contributed by atoms with Crippen molar-refractivity contribution in [3.05, 3.63) is 65.8 Å². The van der Waals surface area contributed by atoms with Crippen molar-refractivity contribution < 1.29 is 13.9 Å². The van der Waals surface area contributed by atoms with Crippen LogP contribution in [0.1, 0.15) is 0 Å². The van der Waals surface area contributed by atoms with Gasteiger partial charge >= 0.3 is 0 Å². The number of thiazole rings is 1. The van der Waals surface area contributed by atoms with Crippen LogP contribution in [0.25, 0.3) is 27.6 Å². The number of hydrogen-bond donors (Lipinski definition) is 1. The molecule has 1 N–H and O–H groups in total. The molecule has 0 bridgehead atoms. The van der Waals surface area contributed by atoms with Crippen molar-refractivity contribution in [2.45, 2.75) is 0 Å². The summed E-state index contributed by atoms with van der Waals surface area (Å²) in [5.74, 6) is 0.951. The maximum atomic E-state index is 13.1. The maximum absolute atomic E-state index is 13.1. The van der Waals surface area contributed by atoms with Gasteiger partial charge in [-0.3, -0.25) is 4.79 Å². The lowest BCUT2D eigenvalue weighted by Crippen LogP contribution is -2.04. The van der Waals surface area contributed by atoms with E-state index in [1.54, 1.807) is 30.0 Å². The summed E-state index contributed by atoms with van der Waals surface area (Å²) in [6, 6.07) is 15.4. The Morgan fingerprint density at radius 1 is 1.07 bits per heavy atom. The lowest BCUT2D eigenvalue weighted by molar-refractivity contribution is -0.105. The van der Waals surface area contributed by atoms with Gasteiger partial charge in [0.2, 0.25) is 11.5 Å². The number of halogens is 1. The average molecular weight is 394 g/mol. The van der Waals surface area contributed by atoms with Crippen LogP contribution in [0.3, 0.4) is 0 Å². The van der Waals surface area contributed by atoms with E-state index in [1.165, 1.54) is 23.5 Å². The maximum Gasteiger partial charge on any atom is 0.212 e. The number of anilines is 1. The molecule has 8 heteroatoms. The highest BCUT2D eigenvalue weighted by Crippen LogP contribution is 2.29. The van der Waals surface area contributed by atoms with Crippen molar-refractivity contribution in [2.75, 3.05) is 12.4 Å². The fraction of sp³-hybridized carbons (Fsp3) is 0.0500. The Hall–Kier alpha value is -3.52. The number of methoxy groups -OCH3 is 1. The van der Waals surface area contributed by atoms with E-state index in [0.717, 1.165) is 16.9 Å². The predicted molar refractivity (Wildman–Crippen MR) is 106 cm³/mol. The monoisotopic (exact) mass is 394 g/mol. The van der Waals surface area contributed by atoms with Crippen molar-refractivity contribution in [3.63, 3.8) is 0 Å². The lowest BCUT2D eigenvalue weighted by atomic mass is 10.1. The second-order valence-electron chi connectivity index (χ2n) is 5.84. The zero-order valence-electron chi connectivity index (χ0n) is 14.8. The number of amides is 1. The van der Waals surface area contributed by atoms with E-state index in [0.29, 0.717) is 28.7 Å². The Morgan fingerprint density at radius 3 is 2.43 bits per heavy atom. The summed E-state index contributed by atoms with van der Waals surface area (Å²) in [5.41, 5.74) is 3.07. The van der Waals surface area contributed by atoms with Crippen molar-refractivity contribution in [3.8, 4) is 33.4 Å². The lowest BCUT2D eigenvalue weighted by Gasteiger charge is -2.01. The van der Waals surface area contributed by atoms with Crippen LogP contribution in [-0.4, -0.2) is 28.3 Å². The van der Waals surface area contributed by atoms with Gasteiger partial charge in [-0.05, 0) is 48.5 Å². The topological polar surface area (TPSA) is 69.0 Å². The minimum Gasteiger partial charge on any atom is -0.497 e. The summed E-state index contributed by atoms with van der Waals surface area (Å²) in [7, 11) is 1.61. The van der Waals surface area contributed by atoms with Gasteiger partial charge in [0.1, 0.15) is 17.4 Å². The van der Waals surface area contributed by atoms with Crippen LogP contribution in [0.4, 0.5) is 10.2 Å². The normalized spacial score (nSPS) is 10.6. The molecule has 140 valence electrons. The average Bonchev–Trinajstić information content (AvgIpc) is 3.36. The van der Waals surface area contributed by atoms with Gasteiger partial charge in [0, 0.05) is 22.6 Å². The molecule has 0 aliphatic heterocycles. The first-order chi connectivity index (χ1) is 13.7. The molecule has 0 atom stereocenters. The van der Waals surface area contributed by atoms with E-state index in [-0.39, 0.29) is 5.82 Å². The molecule has 2 aromatic heterocycles. The van der Waals surface area contributed by atoms with Crippen molar-refractivity contribution >= 4 is 23.6 Å². The quantitative estimate of drug-likeness (QED) is 0.493. The molecule has 4 aromatic rings. The first kappa shape index (κ1) is 17.9. The molecule has 0 fully saturated rings. The fourth-order valence-electron chi connectivity index (χ4n) is 2.71. The molecule has 1 amide bonds. The van der Waals surface area contributed by atoms with E-state index in [4.69, 9.17) is 4.74 Å². The molecule has 0 aliphatic carbocycles. The number of aromatic nitrogens is 3. The number of carbonyl (C=O) groups is 1. The van der Waals surface area contributed by atoms with E-state index < -0.39 is 0 Å². The third kappa shape index (κ3) is 3.49. The molecule has 28 heavy (non-hydrogen) atoms. The number of rotatable bonds is 6. The Bertz CT molecular complexity index is 1100. The minimum atomic E-state index is -0.298. The molecule has 0 saturated heterocycles. The van der Waals surface area contributed by atoms with E-state index in [2.05, 4.69) is 15.4 Å². The van der Waals surface area contributed by atoms with Gasteiger partial charge in [-0.2, -0.15) is 9.78 Å². The molecular formula is C20H15FN4O2S. The summed E-state index contributed by atoms with van der Waals surface area (Å²) in [5, 5.41) is 9.69. The number of carbonyl (C=O) groups excluding carboxylic acids is 1. The molecule has 0 spiro atoms. The molecule has 0 saturated carbocycles. The molecule has 0 unspecified atom stereocenters. The second kappa shape index (κ2) is 7.61. The summed E-state index contributed by atoms with van der Waals surface area (Å²) in [6.45, 7) is 0. The van der Waals surface area contributed by atoms with Gasteiger partial charge in [-0.25, -0.2) is 9.37 Å².